The molecule has 0 atom stereocenters. The highest BCUT2D eigenvalue weighted by Crippen LogP contribution is 2.34. The average Bonchev–Trinajstić information content (AvgIpc) is 3.25. The van der Waals surface area contributed by atoms with Crippen LogP contribution in [-0.4, -0.2) is 9.55 Å². The lowest BCUT2D eigenvalue weighted by Crippen LogP contribution is -2.02. The number of nitrogens with zero attached hydrogens (tertiary/aromatic N) is 2. The number of rotatable bonds is 2. The van der Waals surface area contributed by atoms with E-state index in [4.69, 9.17) is 4.42 Å². The smallest absolute Gasteiger partial charge is 0.144 e. The molecule has 2 heterocycles. The normalized spacial score (nSPS) is 11.6. The highest BCUT2D eigenvalue weighted by Gasteiger charge is 2.15. The maximum absolute atomic E-state index is 6.02. The first kappa shape index (κ1) is 16.8. The van der Waals surface area contributed by atoms with Gasteiger partial charge in [0.15, 0.2) is 0 Å². The Morgan fingerprint density at radius 3 is 2.18 bits per heavy atom. The minimum atomic E-state index is 0.908. The van der Waals surface area contributed by atoms with E-state index >= 15 is 0 Å². The lowest BCUT2D eigenvalue weighted by atomic mass is 10.0. The van der Waals surface area contributed by atoms with Crippen LogP contribution in [0, 0.1) is 27.7 Å². The Morgan fingerprint density at radius 2 is 1.43 bits per heavy atom. The quantitative estimate of drug-likeness (QED) is 0.349. The molecule has 0 saturated heterocycles. The second kappa shape index (κ2) is 6.10. The van der Waals surface area contributed by atoms with Crippen LogP contribution in [0.2, 0.25) is 0 Å². The predicted molar refractivity (Wildman–Crippen MR) is 115 cm³/mol. The van der Waals surface area contributed by atoms with Crippen LogP contribution in [0.25, 0.3) is 39.0 Å². The van der Waals surface area contributed by atoms with Gasteiger partial charge in [-0.2, -0.15) is 0 Å². The summed E-state index contributed by atoms with van der Waals surface area (Å²) in [7, 11) is 0. The number of hydrogen-bond acceptors (Lipinski definition) is 2. The monoisotopic (exact) mass is 366 g/mol. The summed E-state index contributed by atoms with van der Waals surface area (Å²) in [4.78, 5) is 4.69. The zero-order valence-corrected chi connectivity index (χ0v) is 16.6. The summed E-state index contributed by atoms with van der Waals surface area (Å²) >= 11 is 0. The van der Waals surface area contributed by atoms with Crippen molar-refractivity contribution in [2.75, 3.05) is 0 Å². The minimum absolute atomic E-state index is 0.908. The van der Waals surface area contributed by atoms with Crippen LogP contribution in [0.1, 0.15) is 22.3 Å². The maximum Gasteiger partial charge on any atom is 0.144 e. The molecule has 0 aliphatic heterocycles. The van der Waals surface area contributed by atoms with Gasteiger partial charge in [-0.25, -0.2) is 4.98 Å². The van der Waals surface area contributed by atoms with Crippen LogP contribution >= 0.6 is 0 Å². The fourth-order valence-electron chi connectivity index (χ4n) is 4.28. The number of aromatic nitrogens is 2. The molecular weight excluding hydrogens is 344 g/mol. The highest BCUT2D eigenvalue weighted by molar-refractivity contribution is 6.06. The number of imidazole rings is 1. The Balaban J connectivity index is 1.73. The summed E-state index contributed by atoms with van der Waals surface area (Å²) in [6.45, 7) is 8.57. The van der Waals surface area contributed by atoms with E-state index in [0.717, 1.165) is 33.3 Å². The summed E-state index contributed by atoms with van der Waals surface area (Å²) in [6.07, 6.45) is 3.91. The molecule has 2 aromatic heterocycles. The zero-order valence-electron chi connectivity index (χ0n) is 16.6. The van der Waals surface area contributed by atoms with Crippen LogP contribution in [0.15, 0.2) is 65.3 Å². The molecule has 5 aromatic rings. The van der Waals surface area contributed by atoms with Crippen LogP contribution in [0.3, 0.4) is 0 Å². The van der Waals surface area contributed by atoms with E-state index in [1.165, 1.54) is 27.9 Å². The van der Waals surface area contributed by atoms with Crippen LogP contribution in [0.5, 0.6) is 0 Å². The predicted octanol–water partition coefficient (Wildman–Crippen LogP) is 6.67. The van der Waals surface area contributed by atoms with E-state index in [2.05, 4.69) is 73.6 Å². The fourth-order valence-corrected chi connectivity index (χ4v) is 4.28. The van der Waals surface area contributed by atoms with Gasteiger partial charge >= 0.3 is 0 Å². The third-order valence-electron chi connectivity index (χ3n) is 5.40. The standard InChI is InChI=1S/C25H22N2O/c1-15-5-7-22-20(13-15)21-14-19(6-8-23(21)28-22)25-26-9-10-27(25)24-17(3)11-16(2)12-18(24)4/h5-14H,1-4H3. The summed E-state index contributed by atoms with van der Waals surface area (Å²) in [6, 6.07) is 17.1. The largest absolute Gasteiger partial charge is 0.456 e. The van der Waals surface area contributed by atoms with Gasteiger partial charge in [0.25, 0.3) is 0 Å². The van der Waals surface area contributed by atoms with Gasteiger partial charge in [0.2, 0.25) is 0 Å². The van der Waals surface area contributed by atoms with Crippen molar-refractivity contribution in [2.45, 2.75) is 27.7 Å². The molecule has 0 N–H and O–H groups in total. The number of benzene rings is 3. The van der Waals surface area contributed by atoms with Crippen molar-refractivity contribution in [3.05, 3.63) is 83.2 Å². The molecule has 3 heteroatoms. The molecule has 0 radical (unpaired) electrons. The van der Waals surface area contributed by atoms with Gasteiger partial charge in [-0.15, -0.1) is 0 Å². The molecule has 0 bridgehead atoms. The Morgan fingerprint density at radius 1 is 0.750 bits per heavy atom. The van der Waals surface area contributed by atoms with Crippen LogP contribution in [0.4, 0.5) is 0 Å². The van der Waals surface area contributed by atoms with Gasteiger partial charge in [0.05, 0.1) is 5.69 Å². The highest BCUT2D eigenvalue weighted by atomic mass is 16.3. The van der Waals surface area contributed by atoms with Crippen LogP contribution in [-0.2, 0) is 0 Å². The maximum atomic E-state index is 6.02. The first-order valence-corrected chi connectivity index (χ1v) is 9.56. The molecule has 0 spiro atoms. The van der Waals surface area contributed by atoms with Gasteiger partial charge in [-0.05, 0) is 69.2 Å². The zero-order chi connectivity index (χ0) is 19.4. The first-order chi connectivity index (χ1) is 13.5. The molecule has 3 nitrogen and oxygen atoms in total. The second-order valence-corrected chi connectivity index (χ2v) is 7.68. The SMILES string of the molecule is Cc1cc(C)c(-n2ccnc2-c2ccc3oc4ccc(C)cc4c3c2)c(C)c1. The molecule has 0 fully saturated rings. The van der Waals surface area contributed by atoms with E-state index in [0.29, 0.717) is 0 Å². The fraction of sp³-hybridized carbons (Fsp3) is 0.160. The summed E-state index contributed by atoms with van der Waals surface area (Å²) < 4.78 is 8.21. The molecular formula is C25H22N2O. The first-order valence-electron chi connectivity index (χ1n) is 9.56. The van der Waals surface area contributed by atoms with Gasteiger partial charge in [0, 0.05) is 28.7 Å². The Kier molecular flexibility index (Phi) is 3.66. The molecule has 0 unspecified atom stereocenters. The summed E-state index contributed by atoms with van der Waals surface area (Å²) in [5.41, 5.74) is 9.13. The molecule has 0 aliphatic carbocycles. The molecule has 0 aliphatic rings. The number of aryl methyl sites for hydroxylation is 4. The van der Waals surface area contributed by atoms with E-state index < -0.39 is 0 Å². The number of hydrogen-bond donors (Lipinski definition) is 0. The van der Waals surface area contributed by atoms with Crippen molar-refractivity contribution in [1.82, 2.24) is 9.55 Å². The van der Waals surface area contributed by atoms with E-state index in [1.54, 1.807) is 0 Å². The second-order valence-electron chi connectivity index (χ2n) is 7.68. The lowest BCUT2D eigenvalue weighted by molar-refractivity contribution is 0.669. The Bertz CT molecular complexity index is 1330. The average molecular weight is 366 g/mol. The number of fused-ring (bicyclic) bond motifs is 3. The third-order valence-corrected chi connectivity index (χ3v) is 5.40. The molecule has 3 aromatic carbocycles. The molecule has 138 valence electrons. The third kappa shape index (κ3) is 2.55. The van der Waals surface area contributed by atoms with Crippen molar-refractivity contribution in [3.8, 4) is 17.1 Å². The van der Waals surface area contributed by atoms with Gasteiger partial charge in [0.1, 0.15) is 17.0 Å². The van der Waals surface area contributed by atoms with Crippen molar-refractivity contribution in [2.24, 2.45) is 0 Å². The van der Waals surface area contributed by atoms with Crippen molar-refractivity contribution >= 4 is 21.9 Å². The Labute approximate surface area is 164 Å². The van der Waals surface area contributed by atoms with Crippen molar-refractivity contribution in [1.29, 1.82) is 0 Å². The minimum Gasteiger partial charge on any atom is -0.456 e. The van der Waals surface area contributed by atoms with Crippen LogP contribution < -0.4 is 0 Å². The molecule has 0 saturated carbocycles. The van der Waals surface area contributed by atoms with E-state index in [1.807, 2.05) is 24.5 Å². The molecule has 5 rings (SSSR count). The van der Waals surface area contributed by atoms with Gasteiger partial charge in [-0.3, -0.25) is 4.57 Å². The summed E-state index contributed by atoms with van der Waals surface area (Å²) in [5, 5.41) is 2.28. The lowest BCUT2D eigenvalue weighted by Gasteiger charge is -2.15. The van der Waals surface area contributed by atoms with Gasteiger partial charge < -0.3 is 4.42 Å². The number of furan rings is 1. The van der Waals surface area contributed by atoms with Crippen molar-refractivity contribution in [3.63, 3.8) is 0 Å². The Hall–Kier alpha value is -3.33. The van der Waals surface area contributed by atoms with Crippen molar-refractivity contribution < 1.29 is 4.42 Å². The molecule has 28 heavy (non-hydrogen) atoms. The molecule has 0 amide bonds. The van der Waals surface area contributed by atoms with E-state index in [9.17, 15) is 0 Å². The summed E-state index contributed by atoms with van der Waals surface area (Å²) in [5.74, 6) is 0.943. The van der Waals surface area contributed by atoms with E-state index in [-0.39, 0.29) is 0 Å². The topological polar surface area (TPSA) is 31.0 Å². The van der Waals surface area contributed by atoms with Gasteiger partial charge in [-0.1, -0.05) is 29.3 Å².